The normalized spacial score (nSPS) is 14.0. The number of aliphatic hydroxyl groups is 1. The van der Waals surface area contributed by atoms with Crippen molar-refractivity contribution in [2.45, 2.75) is 38.1 Å². The quantitative estimate of drug-likeness (QED) is 0.422. The zero-order valence-electron chi connectivity index (χ0n) is 18.7. The van der Waals surface area contributed by atoms with Crippen molar-refractivity contribution >= 4 is 16.9 Å². The number of pyridine rings is 1. The van der Waals surface area contributed by atoms with Gasteiger partial charge in [-0.15, -0.1) is 0 Å². The van der Waals surface area contributed by atoms with Gasteiger partial charge in [-0.1, -0.05) is 0 Å². The van der Waals surface area contributed by atoms with Crippen LogP contribution in [0.3, 0.4) is 0 Å². The highest BCUT2D eigenvalue weighted by Crippen LogP contribution is 2.40. The van der Waals surface area contributed by atoms with Gasteiger partial charge in [0.15, 0.2) is 11.4 Å². The summed E-state index contributed by atoms with van der Waals surface area (Å²) in [5.74, 6) is -0.763. The fourth-order valence-electron chi connectivity index (χ4n) is 3.73. The van der Waals surface area contributed by atoms with Gasteiger partial charge in [-0.05, 0) is 32.0 Å². The Hall–Kier alpha value is -3.67. The number of imidazole rings is 1. The molecule has 4 heterocycles. The minimum Gasteiger partial charge on any atom is -0.463 e. The first-order chi connectivity index (χ1) is 16.0. The molecule has 0 aliphatic rings. The Balaban J connectivity index is 1.64. The third-order valence-electron chi connectivity index (χ3n) is 5.51. The van der Waals surface area contributed by atoms with Crippen LogP contribution in [0.4, 0.5) is 13.2 Å². The third-order valence-corrected chi connectivity index (χ3v) is 5.51. The van der Waals surface area contributed by atoms with Gasteiger partial charge < -0.3 is 19.4 Å². The lowest BCUT2D eigenvalue weighted by Crippen LogP contribution is -2.46. The maximum absolute atomic E-state index is 13.7. The van der Waals surface area contributed by atoms with Crippen molar-refractivity contribution in [1.82, 2.24) is 29.6 Å². The predicted molar refractivity (Wildman–Crippen MR) is 116 cm³/mol. The number of amides is 1. The van der Waals surface area contributed by atoms with Crippen LogP contribution < -0.4 is 5.32 Å². The molecule has 180 valence electrons. The van der Waals surface area contributed by atoms with E-state index in [1.165, 1.54) is 38.0 Å². The average molecular weight is 476 g/mol. The van der Waals surface area contributed by atoms with E-state index in [1.54, 1.807) is 16.8 Å². The number of nitrogens with zero attached hydrogens (tertiary/aromatic N) is 5. The molecule has 0 aliphatic carbocycles. The van der Waals surface area contributed by atoms with Crippen LogP contribution in [0, 0.1) is 0 Å². The Morgan fingerprint density at radius 2 is 2.09 bits per heavy atom. The molecule has 0 aliphatic heterocycles. The topological polar surface area (TPSA) is 111 Å². The first-order valence-corrected chi connectivity index (χ1v) is 10.5. The van der Waals surface area contributed by atoms with E-state index in [4.69, 9.17) is 4.42 Å². The Morgan fingerprint density at radius 3 is 2.68 bits per heavy atom. The largest absolute Gasteiger partial charge is 0.463 e. The average Bonchev–Trinajstić information content (AvgIpc) is 3.52. The maximum atomic E-state index is 13.7. The second kappa shape index (κ2) is 8.60. The second-order valence-electron chi connectivity index (χ2n) is 8.18. The van der Waals surface area contributed by atoms with Crippen molar-refractivity contribution < 1.29 is 27.5 Å². The molecular weight excluding hydrogens is 453 g/mol. The molecule has 12 heteroatoms. The first kappa shape index (κ1) is 23.5. The Kier molecular flexibility index (Phi) is 5.94. The molecule has 1 amide bonds. The summed E-state index contributed by atoms with van der Waals surface area (Å²) in [7, 11) is 1.36. The van der Waals surface area contributed by atoms with Crippen LogP contribution in [0.15, 0.2) is 47.5 Å². The van der Waals surface area contributed by atoms with Crippen molar-refractivity contribution in [3.05, 3.63) is 54.4 Å². The summed E-state index contributed by atoms with van der Waals surface area (Å²) in [6.07, 6.45) is -0.385. The molecule has 1 unspecified atom stereocenters. The van der Waals surface area contributed by atoms with E-state index in [-0.39, 0.29) is 11.6 Å². The molecule has 4 rings (SSSR count). The molecular formula is C22H23F3N6O3. The summed E-state index contributed by atoms with van der Waals surface area (Å²) in [4.78, 5) is 21.3. The van der Waals surface area contributed by atoms with E-state index in [2.05, 4.69) is 20.4 Å². The van der Waals surface area contributed by atoms with E-state index in [0.29, 0.717) is 22.5 Å². The molecule has 0 fully saturated rings. The molecule has 0 spiro atoms. The number of carbonyl (C=O) groups excluding carboxylic acids is 1. The highest BCUT2D eigenvalue weighted by atomic mass is 19.4. The van der Waals surface area contributed by atoms with E-state index in [9.17, 15) is 23.1 Å². The minimum absolute atomic E-state index is 0.0488. The number of hydrogen-bond acceptors (Lipinski definition) is 6. The molecule has 0 aromatic carbocycles. The molecule has 2 N–H and O–H groups in total. The fraction of sp³-hybridized carbons (Fsp3) is 0.364. The predicted octanol–water partition coefficient (Wildman–Crippen LogP) is 3.58. The van der Waals surface area contributed by atoms with Crippen molar-refractivity contribution in [2.75, 3.05) is 6.54 Å². The molecule has 9 nitrogen and oxygen atoms in total. The smallest absolute Gasteiger partial charge is 0.424 e. The monoisotopic (exact) mass is 476 g/mol. The summed E-state index contributed by atoms with van der Waals surface area (Å²) < 4.78 is 49.4. The van der Waals surface area contributed by atoms with Crippen LogP contribution in [0.1, 0.15) is 42.5 Å². The van der Waals surface area contributed by atoms with Crippen molar-refractivity contribution in [1.29, 1.82) is 0 Å². The lowest BCUT2D eigenvalue weighted by atomic mass is 9.97. The van der Waals surface area contributed by atoms with Crippen molar-refractivity contribution in [3.8, 4) is 11.5 Å². The number of hydrogen-bond donors (Lipinski definition) is 2. The number of nitrogens with one attached hydrogen (secondary N) is 1. The lowest BCUT2D eigenvalue weighted by Gasteiger charge is -2.30. The minimum atomic E-state index is -4.99. The van der Waals surface area contributed by atoms with Gasteiger partial charge >= 0.3 is 6.18 Å². The highest BCUT2D eigenvalue weighted by Gasteiger charge is 2.57. The SMILES string of the molecule is CC(C)n1ncc2c(C(=O)NCCC(O)(c3nccn3C)C(F)(F)F)cc(-c3ccco3)nc21. The van der Waals surface area contributed by atoms with Crippen LogP contribution >= 0.6 is 0 Å². The third kappa shape index (κ3) is 4.04. The molecule has 0 saturated carbocycles. The van der Waals surface area contributed by atoms with E-state index >= 15 is 0 Å². The van der Waals surface area contributed by atoms with E-state index < -0.39 is 36.5 Å². The highest BCUT2D eigenvalue weighted by molar-refractivity contribution is 6.06. The molecule has 0 radical (unpaired) electrons. The maximum Gasteiger partial charge on any atom is 0.424 e. The van der Waals surface area contributed by atoms with Crippen molar-refractivity contribution in [2.24, 2.45) is 7.05 Å². The summed E-state index contributed by atoms with van der Waals surface area (Å²) in [6, 6.07) is 4.81. The van der Waals surface area contributed by atoms with E-state index in [0.717, 1.165) is 4.57 Å². The lowest BCUT2D eigenvalue weighted by molar-refractivity contribution is -0.272. The second-order valence-corrected chi connectivity index (χ2v) is 8.18. The molecule has 4 aromatic heterocycles. The summed E-state index contributed by atoms with van der Waals surface area (Å²) in [6.45, 7) is 3.35. The number of furan rings is 1. The Bertz CT molecular complexity index is 1310. The molecule has 34 heavy (non-hydrogen) atoms. The molecule has 0 bridgehead atoms. The first-order valence-electron chi connectivity index (χ1n) is 10.5. The van der Waals surface area contributed by atoms with Crippen LogP contribution in [0.5, 0.6) is 0 Å². The number of rotatable bonds is 7. The van der Waals surface area contributed by atoms with Gasteiger partial charge in [0.1, 0.15) is 11.5 Å². The van der Waals surface area contributed by atoms with Crippen LogP contribution in [0.2, 0.25) is 0 Å². The number of halogens is 3. The molecule has 0 saturated heterocycles. The number of aromatic nitrogens is 5. The zero-order chi connectivity index (χ0) is 24.7. The van der Waals surface area contributed by atoms with E-state index in [1.807, 2.05) is 13.8 Å². The van der Waals surface area contributed by atoms with Crippen LogP contribution in [-0.2, 0) is 12.6 Å². The summed E-state index contributed by atoms with van der Waals surface area (Å²) in [5, 5.41) is 17.7. The van der Waals surface area contributed by atoms with Gasteiger partial charge in [-0.25, -0.2) is 14.6 Å². The van der Waals surface area contributed by atoms with Gasteiger partial charge in [0.25, 0.3) is 5.91 Å². The van der Waals surface area contributed by atoms with Gasteiger partial charge in [0.2, 0.25) is 5.60 Å². The molecule has 4 aromatic rings. The number of aryl methyl sites for hydroxylation is 1. The molecule has 1 atom stereocenters. The Labute approximate surface area is 192 Å². The van der Waals surface area contributed by atoms with Crippen molar-refractivity contribution in [3.63, 3.8) is 0 Å². The van der Waals surface area contributed by atoms with Gasteiger partial charge in [-0.3, -0.25) is 4.79 Å². The number of fused-ring (bicyclic) bond motifs is 1. The summed E-state index contributed by atoms with van der Waals surface area (Å²) in [5.41, 5.74) is -2.23. The fourth-order valence-corrected chi connectivity index (χ4v) is 3.73. The van der Waals surface area contributed by atoms with Gasteiger partial charge in [0, 0.05) is 38.4 Å². The standard InChI is InChI=1S/C22H23F3N6O3/c1-13(2)31-18-15(12-28-31)14(11-16(29-18)17-5-4-10-34-17)19(32)26-7-6-21(33,22(23,24)25)20-27-8-9-30(20)3/h4-5,8-13,33H,6-7H2,1-3H3,(H,26,32). The number of alkyl halides is 3. The van der Waals surface area contributed by atoms with Crippen LogP contribution in [-0.4, -0.2) is 48.1 Å². The van der Waals surface area contributed by atoms with Crippen LogP contribution in [0.25, 0.3) is 22.5 Å². The summed E-state index contributed by atoms with van der Waals surface area (Å²) >= 11 is 0. The number of carbonyl (C=O) groups is 1. The Morgan fingerprint density at radius 1 is 1.32 bits per heavy atom. The van der Waals surface area contributed by atoms with Gasteiger partial charge in [0.05, 0.1) is 23.4 Å². The van der Waals surface area contributed by atoms with Gasteiger partial charge in [-0.2, -0.15) is 18.3 Å². The zero-order valence-corrected chi connectivity index (χ0v) is 18.7.